The quantitative estimate of drug-likeness (QED) is 0.930. The fourth-order valence-electron chi connectivity index (χ4n) is 3.01. The largest absolute Gasteiger partial charge is 0.356 e. The maximum atomic E-state index is 5.95. The van der Waals surface area contributed by atoms with Gasteiger partial charge in [0.25, 0.3) is 0 Å². The van der Waals surface area contributed by atoms with Crippen molar-refractivity contribution < 1.29 is 0 Å². The number of hydrogen-bond donors (Lipinski definition) is 1. The SMILES string of the molecule is CCc1ccc2nc(N3CCCCC3)c(CN)cc2c1. The Balaban J connectivity index is 2.06. The molecule has 0 saturated carbocycles. The molecule has 0 spiro atoms. The highest BCUT2D eigenvalue weighted by Gasteiger charge is 2.16. The molecule has 1 aromatic heterocycles. The number of nitrogens with two attached hydrogens (primary N) is 1. The fourth-order valence-corrected chi connectivity index (χ4v) is 3.01. The van der Waals surface area contributed by atoms with Crippen molar-refractivity contribution in [2.45, 2.75) is 39.2 Å². The number of aryl methyl sites for hydroxylation is 1. The van der Waals surface area contributed by atoms with Gasteiger partial charge in [-0.3, -0.25) is 0 Å². The predicted molar refractivity (Wildman–Crippen MR) is 85.1 cm³/mol. The van der Waals surface area contributed by atoms with Crippen molar-refractivity contribution in [2.24, 2.45) is 5.73 Å². The second-order valence-corrected chi connectivity index (χ2v) is 5.60. The average Bonchev–Trinajstić information content (AvgIpc) is 2.53. The zero-order valence-electron chi connectivity index (χ0n) is 12.2. The molecular formula is C17H23N3. The molecule has 20 heavy (non-hydrogen) atoms. The second kappa shape index (κ2) is 5.80. The number of anilines is 1. The smallest absolute Gasteiger partial charge is 0.133 e. The molecule has 1 aromatic carbocycles. The zero-order valence-corrected chi connectivity index (χ0v) is 12.2. The molecule has 0 radical (unpaired) electrons. The standard InChI is InChI=1S/C17H23N3/c1-2-13-6-7-16-14(10-13)11-15(12-18)17(19-16)20-8-4-3-5-9-20/h6-7,10-11H,2-5,8-9,12,18H2,1H3. The molecule has 3 heteroatoms. The molecule has 1 saturated heterocycles. The van der Waals surface area contributed by atoms with Gasteiger partial charge in [0.1, 0.15) is 5.82 Å². The van der Waals surface area contributed by atoms with E-state index in [0.29, 0.717) is 6.54 Å². The molecule has 2 N–H and O–H groups in total. The van der Waals surface area contributed by atoms with E-state index in [1.807, 2.05) is 0 Å². The number of fused-ring (bicyclic) bond motifs is 1. The van der Waals surface area contributed by atoms with Gasteiger partial charge in [-0.25, -0.2) is 4.98 Å². The van der Waals surface area contributed by atoms with E-state index in [1.54, 1.807) is 0 Å². The first-order valence-corrected chi connectivity index (χ1v) is 7.69. The Morgan fingerprint density at radius 2 is 1.95 bits per heavy atom. The Kier molecular flexibility index (Phi) is 3.88. The molecule has 0 unspecified atom stereocenters. The van der Waals surface area contributed by atoms with Gasteiger partial charge < -0.3 is 10.6 Å². The van der Waals surface area contributed by atoms with Gasteiger partial charge in [-0.2, -0.15) is 0 Å². The summed E-state index contributed by atoms with van der Waals surface area (Å²) >= 11 is 0. The summed E-state index contributed by atoms with van der Waals surface area (Å²) in [5, 5.41) is 1.21. The van der Waals surface area contributed by atoms with Crippen LogP contribution in [0.5, 0.6) is 0 Å². The van der Waals surface area contributed by atoms with Gasteiger partial charge in [0.2, 0.25) is 0 Å². The van der Waals surface area contributed by atoms with Crippen molar-refractivity contribution in [3.05, 3.63) is 35.4 Å². The molecule has 1 aliphatic heterocycles. The minimum Gasteiger partial charge on any atom is -0.356 e. The van der Waals surface area contributed by atoms with Crippen LogP contribution in [-0.2, 0) is 13.0 Å². The monoisotopic (exact) mass is 269 g/mol. The average molecular weight is 269 g/mol. The lowest BCUT2D eigenvalue weighted by atomic mass is 10.1. The topological polar surface area (TPSA) is 42.2 Å². The summed E-state index contributed by atoms with van der Waals surface area (Å²) in [5.74, 6) is 1.10. The van der Waals surface area contributed by atoms with Crippen molar-refractivity contribution in [2.75, 3.05) is 18.0 Å². The minimum absolute atomic E-state index is 0.561. The molecule has 0 aliphatic carbocycles. The number of hydrogen-bond acceptors (Lipinski definition) is 3. The van der Waals surface area contributed by atoms with Crippen molar-refractivity contribution in [1.29, 1.82) is 0 Å². The molecule has 1 fully saturated rings. The molecule has 3 rings (SSSR count). The van der Waals surface area contributed by atoms with Crippen LogP contribution in [0.1, 0.15) is 37.3 Å². The van der Waals surface area contributed by atoms with E-state index < -0.39 is 0 Å². The third-order valence-electron chi connectivity index (χ3n) is 4.22. The summed E-state index contributed by atoms with van der Waals surface area (Å²) in [5.41, 5.74) is 9.56. The van der Waals surface area contributed by atoms with Gasteiger partial charge in [-0.15, -0.1) is 0 Å². The Morgan fingerprint density at radius 1 is 1.15 bits per heavy atom. The van der Waals surface area contributed by atoms with Crippen molar-refractivity contribution >= 4 is 16.7 Å². The molecule has 3 nitrogen and oxygen atoms in total. The molecule has 0 amide bonds. The summed E-state index contributed by atoms with van der Waals surface area (Å²) < 4.78 is 0. The van der Waals surface area contributed by atoms with Crippen LogP contribution in [0.25, 0.3) is 10.9 Å². The Morgan fingerprint density at radius 3 is 2.65 bits per heavy atom. The lowest BCUT2D eigenvalue weighted by molar-refractivity contribution is 0.572. The van der Waals surface area contributed by atoms with Crippen LogP contribution in [0.15, 0.2) is 24.3 Å². The highest BCUT2D eigenvalue weighted by molar-refractivity contribution is 5.82. The van der Waals surface area contributed by atoms with Gasteiger partial charge >= 0.3 is 0 Å². The van der Waals surface area contributed by atoms with E-state index in [9.17, 15) is 0 Å². The first-order valence-electron chi connectivity index (χ1n) is 7.69. The molecule has 106 valence electrons. The molecule has 0 bridgehead atoms. The van der Waals surface area contributed by atoms with Gasteiger partial charge in [0, 0.05) is 30.6 Å². The highest BCUT2D eigenvalue weighted by atomic mass is 15.2. The minimum atomic E-state index is 0.561. The lowest BCUT2D eigenvalue weighted by Gasteiger charge is -2.29. The number of aromatic nitrogens is 1. The summed E-state index contributed by atoms with van der Waals surface area (Å²) in [6.45, 7) is 4.96. The fraction of sp³-hybridized carbons (Fsp3) is 0.471. The third-order valence-corrected chi connectivity index (χ3v) is 4.22. The molecule has 1 aliphatic rings. The maximum Gasteiger partial charge on any atom is 0.133 e. The summed E-state index contributed by atoms with van der Waals surface area (Å²) in [4.78, 5) is 7.29. The number of piperidine rings is 1. The van der Waals surface area contributed by atoms with Crippen molar-refractivity contribution in [1.82, 2.24) is 4.98 Å². The van der Waals surface area contributed by atoms with Crippen LogP contribution in [-0.4, -0.2) is 18.1 Å². The van der Waals surface area contributed by atoms with Crippen LogP contribution >= 0.6 is 0 Å². The maximum absolute atomic E-state index is 5.95. The zero-order chi connectivity index (χ0) is 13.9. The van der Waals surface area contributed by atoms with Crippen LogP contribution in [0.3, 0.4) is 0 Å². The van der Waals surface area contributed by atoms with E-state index in [1.165, 1.54) is 35.8 Å². The number of nitrogens with zero attached hydrogens (tertiary/aromatic N) is 2. The van der Waals surface area contributed by atoms with E-state index in [4.69, 9.17) is 10.7 Å². The van der Waals surface area contributed by atoms with Crippen LogP contribution < -0.4 is 10.6 Å². The molecule has 2 heterocycles. The summed E-state index contributed by atoms with van der Waals surface area (Å²) in [6.07, 6.45) is 4.92. The van der Waals surface area contributed by atoms with E-state index >= 15 is 0 Å². The van der Waals surface area contributed by atoms with Gasteiger partial charge in [-0.05, 0) is 49.4 Å². The lowest BCUT2D eigenvalue weighted by Crippen LogP contribution is -2.31. The summed E-state index contributed by atoms with van der Waals surface area (Å²) in [6, 6.07) is 8.78. The Bertz CT molecular complexity index is 600. The predicted octanol–water partition coefficient (Wildman–Crippen LogP) is 3.25. The van der Waals surface area contributed by atoms with Crippen LogP contribution in [0, 0.1) is 0 Å². The molecule has 0 atom stereocenters. The van der Waals surface area contributed by atoms with Crippen molar-refractivity contribution in [3.8, 4) is 0 Å². The van der Waals surface area contributed by atoms with Gasteiger partial charge in [0.05, 0.1) is 5.52 Å². The molecule has 2 aromatic rings. The van der Waals surface area contributed by atoms with Crippen LogP contribution in [0.2, 0.25) is 0 Å². The van der Waals surface area contributed by atoms with Crippen molar-refractivity contribution in [3.63, 3.8) is 0 Å². The van der Waals surface area contributed by atoms with E-state index in [0.717, 1.165) is 30.8 Å². The molecular weight excluding hydrogens is 246 g/mol. The van der Waals surface area contributed by atoms with Gasteiger partial charge in [-0.1, -0.05) is 13.0 Å². The summed E-state index contributed by atoms with van der Waals surface area (Å²) in [7, 11) is 0. The Labute approximate surface area is 120 Å². The Hall–Kier alpha value is -1.61. The third kappa shape index (κ3) is 2.50. The highest BCUT2D eigenvalue weighted by Crippen LogP contribution is 2.26. The van der Waals surface area contributed by atoms with Gasteiger partial charge in [0.15, 0.2) is 0 Å². The second-order valence-electron chi connectivity index (χ2n) is 5.60. The van der Waals surface area contributed by atoms with E-state index in [-0.39, 0.29) is 0 Å². The van der Waals surface area contributed by atoms with E-state index in [2.05, 4.69) is 36.1 Å². The van der Waals surface area contributed by atoms with Crippen LogP contribution in [0.4, 0.5) is 5.82 Å². The first-order chi connectivity index (χ1) is 9.81. The number of pyridine rings is 1. The normalized spacial score (nSPS) is 15.8. The number of rotatable bonds is 3. The first kappa shape index (κ1) is 13.4. The number of benzene rings is 1.